The maximum absolute atomic E-state index is 13.2. The minimum absolute atomic E-state index is 0.129. The number of nitrogens with zero attached hydrogens (tertiary/aromatic N) is 1. The van der Waals surface area contributed by atoms with Gasteiger partial charge in [-0.05, 0) is 43.6 Å². The molecule has 1 saturated heterocycles. The number of carbonyl (C=O) groups is 4. The molecule has 1 aliphatic heterocycles. The average molecular weight is 463 g/mol. The van der Waals surface area contributed by atoms with Gasteiger partial charge in [0.1, 0.15) is 18.1 Å². The van der Waals surface area contributed by atoms with Gasteiger partial charge in [-0.25, -0.2) is 4.79 Å². The Morgan fingerprint density at radius 3 is 2.43 bits per heavy atom. The second-order valence-corrected chi connectivity index (χ2v) is 9.20. The zero-order valence-electron chi connectivity index (χ0n) is 17.8. The van der Waals surface area contributed by atoms with Crippen LogP contribution in [0.2, 0.25) is 0 Å². The van der Waals surface area contributed by atoms with Crippen molar-refractivity contribution >= 4 is 48.1 Å². The van der Waals surface area contributed by atoms with Crippen molar-refractivity contribution < 1.29 is 24.3 Å². The number of hydrogen-bond acceptors (Lipinski definition) is 7. The molecule has 4 unspecified atom stereocenters. The fraction of sp³-hybridized carbons (Fsp3) is 0.789. The van der Waals surface area contributed by atoms with Crippen LogP contribution in [-0.2, 0) is 19.2 Å². The van der Waals surface area contributed by atoms with Crippen molar-refractivity contribution in [3.8, 4) is 0 Å². The Hall–Kier alpha value is -1.46. The molecule has 4 atom stereocenters. The van der Waals surface area contributed by atoms with E-state index in [1.807, 2.05) is 20.1 Å². The summed E-state index contributed by atoms with van der Waals surface area (Å²) in [6.07, 6.45) is 3.65. The highest BCUT2D eigenvalue weighted by molar-refractivity contribution is 7.98. The van der Waals surface area contributed by atoms with Gasteiger partial charge >= 0.3 is 5.97 Å². The minimum atomic E-state index is -1.10. The summed E-state index contributed by atoms with van der Waals surface area (Å²) in [4.78, 5) is 51.1. The smallest absolute Gasteiger partial charge is 0.326 e. The zero-order chi connectivity index (χ0) is 22.8. The molecule has 0 aromatic heterocycles. The summed E-state index contributed by atoms with van der Waals surface area (Å²) >= 11 is 5.51. The molecule has 1 fully saturated rings. The van der Waals surface area contributed by atoms with E-state index in [0.717, 1.165) is 0 Å². The summed E-state index contributed by atoms with van der Waals surface area (Å²) in [6, 6.07) is -3.38. The molecule has 9 nitrogen and oxygen atoms in total. The van der Waals surface area contributed by atoms with Crippen LogP contribution in [0.15, 0.2) is 0 Å². The molecule has 1 heterocycles. The Labute approximate surface area is 187 Å². The first-order valence-corrected chi connectivity index (χ1v) is 12.1. The highest BCUT2D eigenvalue weighted by Gasteiger charge is 2.39. The summed E-state index contributed by atoms with van der Waals surface area (Å²) in [6.45, 7) is 4.24. The standard InChI is InChI=1S/C19H34N4O5S2/c1-11(2)9-14(22-16(24)12(20)10-29)18(26)23-7-4-5-15(23)17(25)21-13(19(27)28)6-8-30-3/h11-15,29H,4-10,20H2,1-3H3,(H,21,25)(H,22,24)(H,27,28). The lowest BCUT2D eigenvalue weighted by molar-refractivity contribution is -0.145. The number of likely N-dealkylation sites (tertiary alicyclic amines) is 1. The lowest BCUT2D eigenvalue weighted by Crippen LogP contribution is -2.57. The van der Waals surface area contributed by atoms with Gasteiger partial charge in [-0.2, -0.15) is 24.4 Å². The highest BCUT2D eigenvalue weighted by atomic mass is 32.2. The number of rotatable bonds is 12. The van der Waals surface area contributed by atoms with E-state index in [0.29, 0.717) is 38.0 Å². The fourth-order valence-corrected chi connectivity index (χ4v) is 3.96. The van der Waals surface area contributed by atoms with E-state index in [-0.39, 0.29) is 17.6 Å². The number of carbonyl (C=O) groups excluding carboxylic acids is 3. The second kappa shape index (κ2) is 13.1. The molecule has 0 radical (unpaired) electrons. The number of amides is 3. The number of nitrogens with two attached hydrogens (primary N) is 1. The van der Waals surface area contributed by atoms with Crippen molar-refractivity contribution in [1.82, 2.24) is 15.5 Å². The molecule has 5 N–H and O–H groups in total. The van der Waals surface area contributed by atoms with Gasteiger partial charge in [0.25, 0.3) is 0 Å². The molecule has 0 bridgehead atoms. The number of nitrogens with one attached hydrogen (secondary N) is 2. The third-order valence-corrected chi connectivity index (χ3v) is 5.96. The van der Waals surface area contributed by atoms with Gasteiger partial charge in [0.2, 0.25) is 17.7 Å². The number of carboxylic acids is 1. The van der Waals surface area contributed by atoms with Crippen molar-refractivity contribution in [3.63, 3.8) is 0 Å². The third-order valence-electron chi connectivity index (χ3n) is 4.92. The van der Waals surface area contributed by atoms with E-state index in [9.17, 15) is 24.3 Å². The largest absolute Gasteiger partial charge is 0.480 e. The lowest BCUT2D eigenvalue weighted by atomic mass is 10.0. The second-order valence-electron chi connectivity index (χ2n) is 7.85. The first-order chi connectivity index (χ1) is 14.1. The molecule has 1 aliphatic rings. The maximum Gasteiger partial charge on any atom is 0.326 e. The van der Waals surface area contributed by atoms with Crippen molar-refractivity contribution in [2.75, 3.05) is 24.3 Å². The highest BCUT2D eigenvalue weighted by Crippen LogP contribution is 2.21. The Morgan fingerprint density at radius 1 is 1.23 bits per heavy atom. The van der Waals surface area contributed by atoms with E-state index < -0.39 is 42.0 Å². The first-order valence-electron chi connectivity index (χ1n) is 10.1. The predicted molar refractivity (Wildman–Crippen MR) is 121 cm³/mol. The molecule has 172 valence electrons. The van der Waals surface area contributed by atoms with E-state index in [2.05, 4.69) is 23.3 Å². The van der Waals surface area contributed by atoms with E-state index in [1.165, 1.54) is 16.7 Å². The lowest BCUT2D eigenvalue weighted by Gasteiger charge is -2.30. The normalized spacial score (nSPS) is 19.3. The predicted octanol–water partition coefficient (Wildman–Crippen LogP) is 0.0879. The van der Waals surface area contributed by atoms with Crippen LogP contribution < -0.4 is 16.4 Å². The molecule has 11 heteroatoms. The Bertz CT molecular complexity index is 620. The molecular weight excluding hydrogens is 428 g/mol. The van der Waals surface area contributed by atoms with Crippen molar-refractivity contribution in [3.05, 3.63) is 0 Å². The minimum Gasteiger partial charge on any atom is -0.480 e. The van der Waals surface area contributed by atoms with Gasteiger partial charge in [0, 0.05) is 12.3 Å². The fourth-order valence-electron chi connectivity index (χ4n) is 3.32. The molecule has 0 aromatic rings. The van der Waals surface area contributed by atoms with Crippen LogP contribution in [0.5, 0.6) is 0 Å². The van der Waals surface area contributed by atoms with Crippen LogP contribution in [0.3, 0.4) is 0 Å². The van der Waals surface area contributed by atoms with Crippen LogP contribution in [0, 0.1) is 5.92 Å². The number of aliphatic carboxylic acids is 1. The van der Waals surface area contributed by atoms with Gasteiger partial charge < -0.3 is 26.4 Å². The first kappa shape index (κ1) is 26.6. The van der Waals surface area contributed by atoms with E-state index in [4.69, 9.17) is 5.73 Å². The monoisotopic (exact) mass is 462 g/mol. The Kier molecular flexibility index (Phi) is 11.6. The molecule has 30 heavy (non-hydrogen) atoms. The van der Waals surface area contributed by atoms with Gasteiger partial charge in [-0.1, -0.05) is 13.8 Å². The zero-order valence-corrected chi connectivity index (χ0v) is 19.5. The summed E-state index contributed by atoms with van der Waals surface area (Å²) in [7, 11) is 0. The van der Waals surface area contributed by atoms with Gasteiger partial charge in [-0.3, -0.25) is 14.4 Å². The molecule has 0 aliphatic carbocycles. The van der Waals surface area contributed by atoms with E-state index >= 15 is 0 Å². The molecule has 1 rings (SSSR count). The van der Waals surface area contributed by atoms with Crippen molar-refractivity contribution in [1.29, 1.82) is 0 Å². The number of thiol groups is 1. The summed E-state index contributed by atoms with van der Waals surface area (Å²) in [5.74, 6) is -1.52. The number of thioether (sulfide) groups is 1. The van der Waals surface area contributed by atoms with E-state index in [1.54, 1.807) is 0 Å². The molecule has 0 spiro atoms. The van der Waals surface area contributed by atoms with Crippen molar-refractivity contribution in [2.24, 2.45) is 11.7 Å². The van der Waals surface area contributed by atoms with Gasteiger partial charge in [-0.15, -0.1) is 0 Å². The number of carboxylic acid groups (broad SMARTS) is 1. The average Bonchev–Trinajstić information content (AvgIpc) is 3.18. The molecule has 3 amide bonds. The Balaban J connectivity index is 2.91. The van der Waals surface area contributed by atoms with Gasteiger partial charge in [0.05, 0.1) is 6.04 Å². The van der Waals surface area contributed by atoms with Crippen LogP contribution in [0.4, 0.5) is 0 Å². The van der Waals surface area contributed by atoms with Gasteiger partial charge in [0.15, 0.2) is 0 Å². The van der Waals surface area contributed by atoms with Crippen LogP contribution in [0.1, 0.15) is 39.5 Å². The van der Waals surface area contributed by atoms with Crippen LogP contribution >= 0.6 is 24.4 Å². The molecule has 0 saturated carbocycles. The maximum atomic E-state index is 13.2. The Morgan fingerprint density at radius 2 is 1.90 bits per heavy atom. The van der Waals surface area contributed by atoms with Crippen molar-refractivity contribution in [2.45, 2.75) is 63.7 Å². The number of hydrogen-bond donors (Lipinski definition) is 5. The topological polar surface area (TPSA) is 142 Å². The molecular formula is C19H34N4O5S2. The third kappa shape index (κ3) is 7.99. The molecule has 0 aromatic carbocycles. The summed E-state index contributed by atoms with van der Waals surface area (Å²) in [5, 5.41) is 14.6. The SMILES string of the molecule is CSCCC(NC(=O)C1CCCN1C(=O)C(CC(C)C)NC(=O)C(N)CS)C(=O)O. The van der Waals surface area contributed by atoms with Crippen LogP contribution in [-0.4, -0.2) is 82.2 Å². The summed E-state index contributed by atoms with van der Waals surface area (Å²) in [5.41, 5.74) is 5.71. The summed E-state index contributed by atoms with van der Waals surface area (Å²) < 4.78 is 0. The van der Waals surface area contributed by atoms with Crippen LogP contribution in [0.25, 0.3) is 0 Å². The quantitative estimate of drug-likeness (QED) is 0.259.